The van der Waals surface area contributed by atoms with Crippen molar-refractivity contribution >= 4 is 23.3 Å². The van der Waals surface area contributed by atoms with Crippen LogP contribution in [0.1, 0.15) is 31.7 Å². The Morgan fingerprint density at radius 1 is 1.17 bits per heavy atom. The highest BCUT2D eigenvalue weighted by atomic mass is 16.2. The van der Waals surface area contributed by atoms with E-state index in [4.69, 9.17) is 4.98 Å². The summed E-state index contributed by atoms with van der Waals surface area (Å²) in [6.45, 7) is 3.47. The maximum Gasteiger partial charge on any atom is 0.227 e. The molecule has 29 heavy (non-hydrogen) atoms. The third kappa shape index (κ3) is 3.05. The molecule has 1 aromatic heterocycles. The van der Waals surface area contributed by atoms with Crippen LogP contribution in [0.25, 0.3) is 11.3 Å². The van der Waals surface area contributed by atoms with E-state index in [9.17, 15) is 9.59 Å². The zero-order valence-corrected chi connectivity index (χ0v) is 16.8. The van der Waals surface area contributed by atoms with Crippen LogP contribution in [0.2, 0.25) is 0 Å². The number of hydrogen-bond acceptors (Lipinski definition) is 5. The van der Waals surface area contributed by atoms with Crippen LogP contribution in [-0.2, 0) is 16.0 Å². The highest BCUT2D eigenvalue weighted by molar-refractivity contribution is 5.96. The standard InChI is InChI=1S/C22H25N5O2/c1-3-21(28)27-9-8-26(18-11-19(18)27)20-13-23-12-16(24-20)14-4-6-17-15(10-14)5-7-22(29)25(17)2/h4,6,10,12-13,18-19H,3,5,7-9,11H2,1-2H3/t18-,19-/m0/s1. The van der Waals surface area contributed by atoms with Gasteiger partial charge in [-0.1, -0.05) is 13.0 Å². The van der Waals surface area contributed by atoms with E-state index in [0.29, 0.717) is 24.9 Å². The van der Waals surface area contributed by atoms with Gasteiger partial charge in [-0.25, -0.2) is 4.98 Å². The molecule has 5 rings (SSSR count). The van der Waals surface area contributed by atoms with E-state index in [1.165, 1.54) is 5.56 Å². The maximum atomic E-state index is 12.1. The van der Waals surface area contributed by atoms with Crippen LogP contribution in [-0.4, -0.2) is 58.9 Å². The highest BCUT2D eigenvalue weighted by Gasteiger charge is 2.50. The molecule has 3 heterocycles. The molecule has 2 aliphatic heterocycles. The molecule has 150 valence electrons. The van der Waals surface area contributed by atoms with E-state index in [-0.39, 0.29) is 11.8 Å². The Hall–Kier alpha value is -2.96. The molecule has 0 unspecified atom stereocenters. The molecule has 1 saturated carbocycles. The van der Waals surface area contributed by atoms with Gasteiger partial charge in [0.2, 0.25) is 11.8 Å². The lowest BCUT2D eigenvalue weighted by atomic mass is 9.98. The van der Waals surface area contributed by atoms with Crippen molar-refractivity contribution in [1.82, 2.24) is 14.9 Å². The molecular formula is C22H25N5O2. The number of carbonyl (C=O) groups excluding carboxylic acids is 2. The van der Waals surface area contributed by atoms with Gasteiger partial charge in [0, 0.05) is 44.2 Å². The second kappa shape index (κ2) is 6.83. The fourth-order valence-electron chi connectivity index (χ4n) is 4.63. The molecule has 7 heteroatoms. The predicted molar refractivity (Wildman–Crippen MR) is 111 cm³/mol. The molecule has 1 aromatic carbocycles. The first kappa shape index (κ1) is 18.1. The van der Waals surface area contributed by atoms with E-state index >= 15 is 0 Å². The molecule has 1 saturated heterocycles. The van der Waals surface area contributed by atoms with Gasteiger partial charge >= 0.3 is 0 Å². The van der Waals surface area contributed by atoms with Gasteiger partial charge in [-0.2, -0.15) is 0 Å². The summed E-state index contributed by atoms with van der Waals surface area (Å²) in [5, 5.41) is 0. The monoisotopic (exact) mass is 391 g/mol. The van der Waals surface area contributed by atoms with Gasteiger partial charge in [-0.3, -0.25) is 14.6 Å². The average Bonchev–Trinajstić information content (AvgIpc) is 3.56. The number of hydrogen-bond donors (Lipinski definition) is 0. The molecule has 2 amide bonds. The molecule has 3 aliphatic rings. The van der Waals surface area contributed by atoms with E-state index < -0.39 is 0 Å². The third-order valence-corrected chi connectivity index (χ3v) is 6.36. The number of aromatic nitrogens is 2. The largest absolute Gasteiger partial charge is 0.348 e. The summed E-state index contributed by atoms with van der Waals surface area (Å²) in [7, 11) is 1.83. The second-order valence-corrected chi connectivity index (χ2v) is 8.06. The summed E-state index contributed by atoms with van der Waals surface area (Å²) in [5.74, 6) is 1.28. The number of amides is 2. The normalized spacial score (nSPS) is 23.0. The van der Waals surface area contributed by atoms with Gasteiger partial charge in [0.15, 0.2) is 0 Å². The van der Waals surface area contributed by atoms with Gasteiger partial charge in [-0.05, 0) is 30.5 Å². The summed E-state index contributed by atoms with van der Waals surface area (Å²) < 4.78 is 0. The Morgan fingerprint density at radius 3 is 2.86 bits per heavy atom. The summed E-state index contributed by atoms with van der Waals surface area (Å²) >= 11 is 0. The van der Waals surface area contributed by atoms with Crippen molar-refractivity contribution in [3.63, 3.8) is 0 Å². The number of fused-ring (bicyclic) bond motifs is 2. The quantitative estimate of drug-likeness (QED) is 0.803. The van der Waals surface area contributed by atoms with E-state index in [0.717, 1.165) is 48.7 Å². The fraction of sp³-hybridized carbons (Fsp3) is 0.455. The smallest absolute Gasteiger partial charge is 0.227 e. The second-order valence-electron chi connectivity index (χ2n) is 8.06. The van der Waals surface area contributed by atoms with Crippen LogP contribution in [0.3, 0.4) is 0 Å². The zero-order chi connectivity index (χ0) is 20.1. The van der Waals surface area contributed by atoms with Gasteiger partial charge in [0.1, 0.15) is 5.82 Å². The lowest BCUT2D eigenvalue weighted by Gasteiger charge is -2.34. The topological polar surface area (TPSA) is 69.6 Å². The van der Waals surface area contributed by atoms with Crippen LogP contribution in [0, 0.1) is 0 Å². The minimum absolute atomic E-state index is 0.159. The number of carbonyl (C=O) groups is 2. The zero-order valence-electron chi connectivity index (χ0n) is 16.8. The lowest BCUT2D eigenvalue weighted by Crippen LogP contribution is -2.49. The van der Waals surface area contributed by atoms with Crippen LogP contribution in [0.15, 0.2) is 30.6 Å². The fourth-order valence-corrected chi connectivity index (χ4v) is 4.63. The van der Waals surface area contributed by atoms with E-state index in [1.807, 2.05) is 37.2 Å². The Bertz CT molecular complexity index is 991. The van der Waals surface area contributed by atoms with Crippen molar-refractivity contribution in [2.24, 2.45) is 0 Å². The third-order valence-electron chi connectivity index (χ3n) is 6.36. The van der Waals surface area contributed by atoms with Crippen LogP contribution in [0.4, 0.5) is 11.5 Å². The first-order chi connectivity index (χ1) is 14.1. The molecule has 0 bridgehead atoms. The molecule has 0 N–H and O–H groups in total. The lowest BCUT2D eigenvalue weighted by molar-refractivity contribution is -0.131. The average molecular weight is 391 g/mol. The summed E-state index contributed by atoms with van der Waals surface area (Å²) in [6.07, 6.45) is 6.50. The molecule has 0 radical (unpaired) electrons. The minimum Gasteiger partial charge on any atom is -0.348 e. The molecule has 2 fully saturated rings. The number of nitrogens with zero attached hydrogens (tertiary/aromatic N) is 5. The van der Waals surface area contributed by atoms with Crippen molar-refractivity contribution in [3.8, 4) is 11.3 Å². The molecule has 0 spiro atoms. The molecule has 7 nitrogen and oxygen atoms in total. The minimum atomic E-state index is 0.159. The predicted octanol–water partition coefficient (Wildman–Crippen LogP) is 2.25. The van der Waals surface area contributed by atoms with Crippen molar-refractivity contribution in [2.75, 3.05) is 29.9 Å². The Morgan fingerprint density at radius 2 is 2.03 bits per heavy atom. The van der Waals surface area contributed by atoms with Crippen molar-refractivity contribution in [1.29, 1.82) is 0 Å². The number of anilines is 2. The molecular weight excluding hydrogens is 366 g/mol. The van der Waals surface area contributed by atoms with E-state index in [2.05, 4.69) is 16.0 Å². The van der Waals surface area contributed by atoms with Gasteiger partial charge in [-0.15, -0.1) is 0 Å². The molecule has 2 atom stereocenters. The van der Waals surface area contributed by atoms with E-state index in [1.54, 1.807) is 11.1 Å². The Kier molecular flexibility index (Phi) is 4.26. The maximum absolute atomic E-state index is 12.1. The van der Waals surface area contributed by atoms with Crippen molar-refractivity contribution in [3.05, 3.63) is 36.2 Å². The van der Waals surface area contributed by atoms with Crippen LogP contribution < -0.4 is 9.80 Å². The summed E-state index contributed by atoms with van der Waals surface area (Å²) in [5.41, 5.74) is 4.01. The number of piperazine rings is 1. The number of aryl methyl sites for hydroxylation is 1. The Balaban J connectivity index is 1.39. The van der Waals surface area contributed by atoms with Crippen molar-refractivity contribution < 1.29 is 9.59 Å². The SMILES string of the molecule is CCC(=O)N1CCN(c2cncc(-c3ccc4c(c3)CCC(=O)N4C)n2)[C@H]2C[C@@H]21. The number of rotatable bonds is 3. The first-order valence-corrected chi connectivity index (χ1v) is 10.3. The van der Waals surface area contributed by atoms with Gasteiger partial charge in [0.05, 0.1) is 30.2 Å². The highest BCUT2D eigenvalue weighted by Crippen LogP contribution is 2.39. The molecule has 2 aromatic rings. The summed E-state index contributed by atoms with van der Waals surface area (Å²) in [6, 6.07) is 6.82. The van der Waals surface area contributed by atoms with Crippen LogP contribution in [0.5, 0.6) is 0 Å². The first-order valence-electron chi connectivity index (χ1n) is 10.3. The van der Waals surface area contributed by atoms with Gasteiger partial charge < -0.3 is 14.7 Å². The Labute approximate surface area is 170 Å². The van der Waals surface area contributed by atoms with Crippen molar-refractivity contribution in [2.45, 2.75) is 44.7 Å². The number of benzene rings is 1. The van der Waals surface area contributed by atoms with Crippen LogP contribution >= 0.6 is 0 Å². The molecule has 1 aliphatic carbocycles. The van der Waals surface area contributed by atoms with Gasteiger partial charge in [0.25, 0.3) is 0 Å². The summed E-state index contributed by atoms with van der Waals surface area (Å²) in [4.78, 5) is 39.4.